The zero-order chi connectivity index (χ0) is 19.3. The summed E-state index contributed by atoms with van der Waals surface area (Å²) in [4.78, 5) is 14.1. The molecule has 1 N–H and O–H groups in total. The number of piperidine rings is 2. The number of nitrogens with zero attached hydrogens (tertiary/aromatic N) is 2. The SMILES string of the molecule is CC(C)(C)OC(=O)N1C2CC(F)(C2)C(=NO)C1Cc1cccc(Br)c1F. The van der Waals surface area contributed by atoms with E-state index in [1.165, 1.54) is 4.90 Å². The minimum atomic E-state index is -1.76. The average Bonchev–Trinajstić information content (AvgIpc) is 2.48. The van der Waals surface area contributed by atoms with Crippen molar-refractivity contribution in [2.24, 2.45) is 5.16 Å². The minimum Gasteiger partial charge on any atom is -0.444 e. The van der Waals surface area contributed by atoms with Gasteiger partial charge in [0.2, 0.25) is 0 Å². The number of carbonyl (C=O) groups is 1. The molecule has 26 heavy (non-hydrogen) atoms. The summed E-state index contributed by atoms with van der Waals surface area (Å²) in [5.41, 5.74) is -2.34. The third kappa shape index (κ3) is 3.31. The summed E-state index contributed by atoms with van der Waals surface area (Å²) in [5.74, 6) is -0.485. The molecule has 3 aliphatic rings. The Balaban J connectivity index is 1.96. The second kappa shape index (κ2) is 6.48. The topological polar surface area (TPSA) is 62.1 Å². The summed E-state index contributed by atoms with van der Waals surface area (Å²) in [7, 11) is 0. The van der Waals surface area contributed by atoms with Crippen LogP contribution in [0.15, 0.2) is 27.8 Å². The predicted molar refractivity (Wildman–Crippen MR) is 95.7 cm³/mol. The van der Waals surface area contributed by atoms with E-state index in [9.17, 15) is 18.8 Å². The van der Waals surface area contributed by atoms with Crippen LogP contribution in [0.3, 0.4) is 0 Å². The van der Waals surface area contributed by atoms with E-state index in [2.05, 4.69) is 21.1 Å². The monoisotopic (exact) mass is 430 g/mol. The van der Waals surface area contributed by atoms with E-state index >= 15 is 0 Å². The van der Waals surface area contributed by atoms with Crippen molar-refractivity contribution in [3.05, 3.63) is 34.1 Å². The maximum absolute atomic E-state index is 14.9. The van der Waals surface area contributed by atoms with Crippen LogP contribution in [-0.2, 0) is 11.2 Å². The molecule has 5 nitrogen and oxygen atoms in total. The van der Waals surface area contributed by atoms with Crippen molar-refractivity contribution in [2.45, 2.75) is 63.4 Å². The van der Waals surface area contributed by atoms with Gasteiger partial charge in [-0.05, 0) is 48.3 Å². The maximum Gasteiger partial charge on any atom is 0.411 e. The number of amides is 1. The molecule has 1 aromatic rings. The lowest BCUT2D eigenvalue weighted by molar-refractivity contribution is -0.0484. The van der Waals surface area contributed by atoms with Crippen molar-refractivity contribution in [1.29, 1.82) is 0 Å². The van der Waals surface area contributed by atoms with Crippen LogP contribution in [0.1, 0.15) is 39.2 Å². The number of hydrogen-bond acceptors (Lipinski definition) is 4. The summed E-state index contributed by atoms with van der Waals surface area (Å²) < 4.78 is 35.1. The van der Waals surface area contributed by atoms with Gasteiger partial charge >= 0.3 is 6.09 Å². The first-order chi connectivity index (χ1) is 12.1. The third-order valence-electron chi connectivity index (χ3n) is 4.78. The van der Waals surface area contributed by atoms with Crippen LogP contribution >= 0.6 is 15.9 Å². The normalized spacial score (nSPS) is 29.5. The van der Waals surface area contributed by atoms with Gasteiger partial charge in [0.15, 0.2) is 5.67 Å². The van der Waals surface area contributed by atoms with Crippen LogP contribution in [0, 0.1) is 5.82 Å². The zero-order valence-electron chi connectivity index (χ0n) is 14.8. The first kappa shape index (κ1) is 19.1. The summed E-state index contributed by atoms with van der Waals surface area (Å²) >= 11 is 3.12. The van der Waals surface area contributed by atoms with Crippen molar-refractivity contribution in [1.82, 2.24) is 4.90 Å². The Labute approximate surface area is 159 Å². The summed E-state index contributed by atoms with van der Waals surface area (Å²) in [6, 6.07) is 3.51. The van der Waals surface area contributed by atoms with E-state index in [1.807, 2.05) is 0 Å². The van der Waals surface area contributed by atoms with E-state index in [0.29, 0.717) is 5.56 Å². The van der Waals surface area contributed by atoms with E-state index in [-0.39, 0.29) is 35.5 Å². The Morgan fingerprint density at radius 2 is 2.12 bits per heavy atom. The Morgan fingerprint density at radius 1 is 1.46 bits per heavy atom. The second-order valence-corrected chi connectivity index (χ2v) is 8.69. The summed E-state index contributed by atoms with van der Waals surface area (Å²) in [6.07, 6.45) is -0.510. The molecule has 142 valence electrons. The van der Waals surface area contributed by atoms with Crippen LogP contribution in [0.25, 0.3) is 0 Å². The molecule has 2 aliphatic heterocycles. The highest BCUT2D eigenvalue weighted by Gasteiger charge is 2.62. The van der Waals surface area contributed by atoms with Crippen molar-refractivity contribution in [2.75, 3.05) is 0 Å². The minimum absolute atomic E-state index is 0.00786. The lowest BCUT2D eigenvalue weighted by atomic mass is 9.66. The highest BCUT2D eigenvalue weighted by molar-refractivity contribution is 9.10. The lowest BCUT2D eigenvalue weighted by Crippen LogP contribution is -2.72. The number of benzene rings is 1. The molecule has 2 bridgehead atoms. The van der Waals surface area contributed by atoms with Crippen LogP contribution in [0.2, 0.25) is 0 Å². The quantitative estimate of drug-likeness (QED) is 0.556. The highest BCUT2D eigenvalue weighted by Crippen LogP contribution is 2.48. The zero-order valence-corrected chi connectivity index (χ0v) is 16.4. The van der Waals surface area contributed by atoms with Gasteiger partial charge in [0, 0.05) is 25.3 Å². The fourth-order valence-corrected chi connectivity index (χ4v) is 4.04. The van der Waals surface area contributed by atoms with Crippen molar-refractivity contribution in [3.8, 4) is 0 Å². The molecule has 1 unspecified atom stereocenters. The van der Waals surface area contributed by atoms with Gasteiger partial charge in [-0.25, -0.2) is 13.6 Å². The highest BCUT2D eigenvalue weighted by atomic mass is 79.9. The van der Waals surface area contributed by atoms with Gasteiger partial charge in [-0.3, -0.25) is 4.90 Å². The number of ether oxygens (including phenoxy) is 1. The summed E-state index contributed by atoms with van der Waals surface area (Å²) in [6.45, 7) is 5.21. The lowest BCUT2D eigenvalue weighted by Gasteiger charge is -2.56. The van der Waals surface area contributed by atoms with Crippen molar-refractivity contribution >= 4 is 27.7 Å². The number of halogens is 3. The predicted octanol–water partition coefficient (Wildman–Crippen LogP) is 4.45. The largest absolute Gasteiger partial charge is 0.444 e. The summed E-state index contributed by atoms with van der Waals surface area (Å²) in [5, 5.41) is 12.6. The van der Waals surface area contributed by atoms with Gasteiger partial charge in [-0.2, -0.15) is 0 Å². The molecule has 1 aliphatic carbocycles. The van der Waals surface area contributed by atoms with Crippen LogP contribution in [0.5, 0.6) is 0 Å². The number of alkyl halides is 1. The molecule has 4 rings (SSSR count). The molecule has 1 aromatic carbocycles. The Hall–Kier alpha value is -1.70. The molecule has 8 heteroatoms. The Morgan fingerprint density at radius 3 is 2.69 bits per heavy atom. The number of oxime groups is 1. The number of rotatable bonds is 2. The smallest absolute Gasteiger partial charge is 0.411 e. The van der Waals surface area contributed by atoms with E-state index < -0.39 is 29.2 Å². The first-order valence-corrected chi connectivity index (χ1v) is 9.20. The molecule has 2 heterocycles. The molecular weight excluding hydrogens is 410 g/mol. The van der Waals surface area contributed by atoms with E-state index in [4.69, 9.17) is 4.74 Å². The first-order valence-electron chi connectivity index (χ1n) is 8.41. The third-order valence-corrected chi connectivity index (χ3v) is 5.39. The molecule has 0 radical (unpaired) electrons. The van der Waals surface area contributed by atoms with E-state index in [1.54, 1.807) is 39.0 Å². The van der Waals surface area contributed by atoms with Gasteiger partial charge in [0.1, 0.15) is 17.1 Å². The number of fused-ring (bicyclic) bond motifs is 2. The number of hydrogen-bond donors (Lipinski definition) is 1. The van der Waals surface area contributed by atoms with Gasteiger partial charge in [-0.15, -0.1) is 0 Å². The van der Waals surface area contributed by atoms with Gasteiger partial charge in [0.25, 0.3) is 0 Å². The van der Waals surface area contributed by atoms with Gasteiger partial charge in [-0.1, -0.05) is 17.3 Å². The maximum atomic E-state index is 14.9. The Bertz CT molecular complexity index is 757. The molecule has 0 spiro atoms. The van der Waals surface area contributed by atoms with Crippen LogP contribution in [-0.4, -0.2) is 45.3 Å². The molecule has 2 saturated heterocycles. The van der Waals surface area contributed by atoms with E-state index in [0.717, 1.165) is 0 Å². The Kier molecular flexibility index (Phi) is 4.75. The molecule has 1 atom stereocenters. The molecule has 0 aromatic heterocycles. The van der Waals surface area contributed by atoms with Gasteiger partial charge < -0.3 is 9.94 Å². The molecule has 1 saturated carbocycles. The standard InChI is InChI=1S/C18H21BrF2N2O3/c1-17(2,3)26-16(24)23-11-8-18(21,9-11)15(22-25)13(23)7-10-5-4-6-12(19)14(10)20/h4-6,11,13,25H,7-9H2,1-3H3. The molecule has 3 fully saturated rings. The number of carbonyl (C=O) groups excluding carboxylic acids is 1. The fraction of sp³-hybridized carbons (Fsp3) is 0.556. The van der Waals surface area contributed by atoms with Gasteiger partial charge in [0.05, 0.1) is 10.5 Å². The second-order valence-electron chi connectivity index (χ2n) is 7.83. The van der Waals surface area contributed by atoms with Crippen molar-refractivity contribution in [3.63, 3.8) is 0 Å². The van der Waals surface area contributed by atoms with Crippen molar-refractivity contribution < 1.29 is 23.5 Å². The molecule has 1 amide bonds. The van der Waals surface area contributed by atoms with Crippen LogP contribution in [0.4, 0.5) is 13.6 Å². The fourth-order valence-electron chi connectivity index (χ4n) is 3.63. The molecular formula is C18H21BrF2N2O3. The van der Waals surface area contributed by atoms with Crippen LogP contribution < -0.4 is 0 Å². The average molecular weight is 431 g/mol.